The van der Waals surface area contributed by atoms with Crippen molar-refractivity contribution in [3.05, 3.63) is 0 Å². The van der Waals surface area contributed by atoms with Crippen LogP contribution in [0.4, 0.5) is 0 Å². The minimum Gasteiger partial charge on any atom is -0.317 e. The highest BCUT2D eigenvalue weighted by Gasteiger charge is 2.16. The van der Waals surface area contributed by atoms with E-state index in [4.69, 9.17) is 0 Å². The summed E-state index contributed by atoms with van der Waals surface area (Å²) in [7, 11) is 0. The Kier molecular flexibility index (Phi) is 33.0. The lowest BCUT2D eigenvalue weighted by Crippen LogP contribution is -2.16. The van der Waals surface area contributed by atoms with Crippen LogP contribution in [-0.4, -0.2) is 13.1 Å². The summed E-state index contributed by atoms with van der Waals surface area (Å²) in [5.41, 5.74) is 0. The molecule has 0 rings (SSSR count). The van der Waals surface area contributed by atoms with Crippen LogP contribution in [0.15, 0.2) is 0 Å². The lowest BCUT2D eigenvalue weighted by Gasteiger charge is -2.24. The van der Waals surface area contributed by atoms with Crippen molar-refractivity contribution < 1.29 is 0 Å². The maximum absolute atomic E-state index is 3.46. The number of hydrogen-bond acceptors (Lipinski definition) is 1. The summed E-state index contributed by atoms with van der Waals surface area (Å²) < 4.78 is 0. The highest BCUT2D eigenvalue weighted by Crippen LogP contribution is 2.30. The van der Waals surface area contributed by atoms with E-state index in [1.807, 2.05) is 0 Å². The summed E-state index contributed by atoms with van der Waals surface area (Å²) in [6.45, 7) is 16.3. The van der Waals surface area contributed by atoms with Crippen LogP contribution in [0, 0.1) is 11.8 Å². The van der Waals surface area contributed by atoms with Crippen LogP contribution in [0.2, 0.25) is 0 Å². The van der Waals surface area contributed by atoms with Crippen molar-refractivity contribution >= 4 is 0 Å². The SMILES string of the molecule is CCCCCC(CCCC)CC(CCCC)CCCCC.CCCCCNCCCCC. The standard InChI is InChI=1S/C21H44.C10H23N/c1-5-9-13-17-20(15-11-7-3)19-21(16-12-8-4)18-14-10-6-2;1-3-5-7-9-11-10-8-6-4-2/h20-21H,5-19H2,1-4H3;11H,3-10H2,1-2H3. The molecule has 0 fully saturated rings. The number of rotatable bonds is 24. The Morgan fingerprint density at radius 1 is 0.375 bits per heavy atom. The zero-order valence-electron chi connectivity index (χ0n) is 23.9. The van der Waals surface area contributed by atoms with Gasteiger partial charge in [0.15, 0.2) is 0 Å². The second-order valence-corrected chi connectivity index (χ2v) is 10.4. The lowest BCUT2D eigenvalue weighted by atomic mass is 9.82. The molecule has 196 valence electrons. The molecule has 0 saturated heterocycles. The van der Waals surface area contributed by atoms with E-state index in [1.54, 1.807) is 0 Å². The van der Waals surface area contributed by atoms with Crippen LogP contribution >= 0.6 is 0 Å². The van der Waals surface area contributed by atoms with E-state index in [2.05, 4.69) is 46.9 Å². The fourth-order valence-electron chi connectivity index (χ4n) is 4.71. The molecular formula is C31H67N. The summed E-state index contributed by atoms with van der Waals surface area (Å²) in [5.74, 6) is 2.06. The van der Waals surface area contributed by atoms with Crippen LogP contribution in [-0.2, 0) is 0 Å². The fourth-order valence-corrected chi connectivity index (χ4v) is 4.71. The lowest BCUT2D eigenvalue weighted by molar-refractivity contribution is 0.286. The molecule has 0 amide bonds. The highest BCUT2D eigenvalue weighted by molar-refractivity contribution is 4.68. The molecule has 0 aliphatic heterocycles. The Morgan fingerprint density at radius 3 is 1.03 bits per heavy atom. The third-order valence-corrected chi connectivity index (χ3v) is 6.94. The minimum atomic E-state index is 1.03. The first kappa shape index (κ1) is 34.1. The van der Waals surface area contributed by atoms with Gasteiger partial charge in [-0.2, -0.15) is 0 Å². The van der Waals surface area contributed by atoms with E-state index in [1.165, 1.54) is 148 Å². The highest BCUT2D eigenvalue weighted by atomic mass is 14.8. The summed E-state index contributed by atoms with van der Waals surface area (Å²) in [4.78, 5) is 0. The molecule has 1 nitrogen and oxygen atoms in total. The zero-order chi connectivity index (χ0) is 24.1. The Morgan fingerprint density at radius 2 is 0.688 bits per heavy atom. The molecule has 0 saturated carbocycles. The van der Waals surface area contributed by atoms with Gasteiger partial charge in [0, 0.05) is 0 Å². The summed E-state index contributed by atoms with van der Waals surface area (Å²) in [6, 6.07) is 0. The number of unbranched alkanes of at least 4 members (excludes halogenated alkanes) is 10. The first-order valence-corrected chi connectivity index (χ1v) is 15.4. The van der Waals surface area contributed by atoms with E-state index in [9.17, 15) is 0 Å². The Labute approximate surface area is 206 Å². The normalized spacial score (nSPS) is 12.9. The molecule has 0 radical (unpaired) electrons. The molecule has 0 aromatic rings. The van der Waals surface area contributed by atoms with Crippen LogP contribution in [0.5, 0.6) is 0 Å². The van der Waals surface area contributed by atoms with Crippen molar-refractivity contribution in [2.75, 3.05) is 13.1 Å². The maximum Gasteiger partial charge on any atom is -0.00489 e. The third kappa shape index (κ3) is 28.0. The van der Waals surface area contributed by atoms with Gasteiger partial charge in [-0.15, -0.1) is 0 Å². The smallest absolute Gasteiger partial charge is 0.00489 e. The van der Waals surface area contributed by atoms with E-state index in [0.717, 1.165) is 11.8 Å². The average Bonchev–Trinajstić information content (AvgIpc) is 2.80. The molecule has 0 heterocycles. The van der Waals surface area contributed by atoms with Gasteiger partial charge in [-0.3, -0.25) is 0 Å². The molecule has 0 spiro atoms. The van der Waals surface area contributed by atoms with Gasteiger partial charge in [0.25, 0.3) is 0 Å². The monoisotopic (exact) mass is 454 g/mol. The van der Waals surface area contributed by atoms with Gasteiger partial charge in [-0.1, -0.05) is 157 Å². The first-order valence-electron chi connectivity index (χ1n) is 15.4. The van der Waals surface area contributed by atoms with Crippen LogP contribution in [0.1, 0.15) is 176 Å². The molecule has 0 aliphatic rings. The molecule has 2 unspecified atom stereocenters. The Bertz CT molecular complexity index is 273. The Balaban J connectivity index is 0. The summed E-state index contributed by atoms with van der Waals surface area (Å²) >= 11 is 0. The van der Waals surface area contributed by atoms with Crippen molar-refractivity contribution in [1.29, 1.82) is 0 Å². The van der Waals surface area contributed by atoms with Gasteiger partial charge in [0.1, 0.15) is 0 Å². The van der Waals surface area contributed by atoms with Crippen molar-refractivity contribution in [1.82, 2.24) is 5.32 Å². The predicted octanol–water partition coefficient (Wildman–Crippen LogP) is 11.1. The molecule has 1 N–H and O–H groups in total. The van der Waals surface area contributed by atoms with Crippen molar-refractivity contribution in [3.63, 3.8) is 0 Å². The van der Waals surface area contributed by atoms with Crippen LogP contribution in [0.3, 0.4) is 0 Å². The van der Waals surface area contributed by atoms with Gasteiger partial charge in [-0.25, -0.2) is 0 Å². The van der Waals surface area contributed by atoms with Crippen molar-refractivity contribution in [2.24, 2.45) is 11.8 Å². The minimum absolute atomic E-state index is 1.03. The first-order chi connectivity index (χ1) is 15.7. The second-order valence-electron chi connectivity index (χ2n) is 10.4. The van der Waals surface area contributed by atoms with Gasteiger partial charge in [-0.05, 0) is 44.2 Å². The molecule has 0 bridgehead atoms. The van der Waals surface area contributed by atoms with Crippen LogP contribution in [0.25, 0.3) is 0 Å². The predicted molar refractivity (Wildman–Crippen MR) is 151 cm³/mol. The molecule has 2 atom stereocenters. The summed E-state index contributed by atoms with van der Waals surface area (Å²) in [6.07, 6.45) is 29.9. The largest absolute Gasteiger partial charge is 0.317 e. The van der Waals surface area contributed by atoms with E-state index in [-0.39, 0.29) is 0 Å². The average molecular weight is 454 g/mol. The van der Waals surface area contributed by atoms with Crippen molar-refractivity contribution in [3.8, 4) is 0 Å². The second kappa shape index (κ2) is 31.0. The van der Waals surface area contributed by atoms with Crippen molar-refractivity contribution in [2.45, 2.75) is 176 Å². The molecule has 0 aliphatic carbocycles. The molecule has 0 aromatic carbocycles. The van der Waals surface area contributed by atoms with Gasteiger partial charge >= 0.3 is 0 Å². The molecule has 32 heavy (non-hydrogen) atoms. The van der Waals surface area contributed by atoms with Crippen LogP contribution < -0.4 is 5.32 Å². The zero-order valence-corrected chi connectivity index (χ0v) is 23.9. The topological polar surface area (TPSA) is 12.0 Å². The van der Waals surface area contributed by atoms with E-state index < -0.39 is 0 Å². The number of hydrogen-bond donors (Lipinski definition) is 1. The summed E-state index contributed by atoms with van der Waals surface area (Å²) in [5, 5.41) is 3.46. The quantitative estimate of drug-likeness (QED) is 0.143. The third-order valence-electron chi connectivity index (χ3n) is 6.94. The van der Waals surface area contributed by atoms with E-state index >= 15 is 0 Å². The maximum atomic E-state index is 3.46. The number of nitrogens with one attached hydrogen (secondary N) is 1. The van der Waals surface area contributed by atoms with Gasteiger partial charge < -0.3 is 5.32 Å². The van der Waals surface area contributed by atoms with Gasteiger partial charge in [0.05, 0.1) is 0 Å². The molecular weight excluding hydrogens is 386 g/mol. The molecule has 0 aromatic heterocycles. The fraction of sp³-hybridized carbons (Fsp3) is 1.00. The Hall–Kier alpha value is -0.0400. The van der Waals surface area contributed by atoms with Gasteiger partial charge in [0.2, 0.25) is 0 Å². The van der Waals surface area contributed by atoms with E-state index in [0.29, 0.717) is 0 Å². The molecule has 1 heteroatoms.